The zero-order chi connectivity index (χ0) is 16.1. The van der Waals surface area contributed by atoms with E-state index >= 15 is 0 Å². The van der Waals surface area contributed by atoms with E-state index < -0.39 is 0 Å². The first kappa shape index (κ1) is 14.8. The summed E-state index contributed by atoms with van der Waals surface area (Å²) in [5, 5.41) is 3.94. The number of nitrogens with zero attached hydrogens (tertiary/aromatic N) is 2. The minimum atomic E-state index is 0.116. The molecule has 0 fully saturated rings. The molecule has 0 N–H and O–H groups in total. The van der Waals surface area contributed by atoms with Crippen LogP contribution in [0.25, 0.3) is 11.4 Å². The fourth-order valence-corrected chi connectivity index (χ4v) is 2.07. The summed E-state index contributed by atoms with van der Waals surface area (Å²) >= 11 is 0. The first-order valence-corrected chi connectivity index (χ1v) is 6.94. The van der Waals surface area contributed by atoms with Gasteiger partial charge in [0.25, 0.3) is 5.89 Å². The predicted octanol–water partition coefficient (Wildman–Crippen LogP) is 3.14. The molecule has 1 aromatic heterocycles. The van der Waals surface area contributed by atoms with Gasteiger partial charge < -0.3 is 14.0 Å². The van der Waals surface area contributed by atoms with Crippen LogP contribution in [-0.4, -0.2) is 23.5 Å². The first-order chi connectivity index (χ1) is 11.3. The molecule has 0 aliphatic rings. The van der Waals surface area contributed by atoms with Crippen molar-refractivity contribution in [3.05, 3.63) is 60.0 Å². The number of ether oxygens (including phenoxy) is 2. The zero-order valence-corrected chi connectivity index (χ0v) is 12.4. The standard InChI is InChI=1S/C17H14N2O4/c1-21-15-8-3-2-7-14(15)17-18-16(23-19-17)11-22-13-6-4-5-12(9-13)10-20/h2-10H,11H2,1H3. The van der Waals surface area contributed by atoms with Crippen molar-refractivity contribution in [2.45, 2.75) is 6.61 Å². The number of aromatic nitrogens is 2. The summed E-state index contributed by atoms with van der Waals surface area (Å²) in [6, 6.07) is 14.3. The van der Waals surface area contributed by atoms with Gasteiger partial charge in [-0.15, -0.1) is 0 Å². The van der Waals surface area contributed by atoms with Crippen molar-refractivity contribution in [1.29, 1.82) is 0 Å². The lowest BCUT2D eigenvalue weighted by atomic mass is 10.2. The maximum Gasteiger partial charge on any atom is 0.264 e. The molecule has 2 aromatic carbocycles. The summed E-state index contributed by atoms with van der Waals surface area (Å²) in [6.45, 7) is 0.116. The molecule has 23 heavy (non-hydrogen) atoms. The Morgan fingerprint density at radius 1 is 1.17 bits per heavy atom. The second-order valence-electron chi connectivity index (χ2n) is 4.69. The van der Waals surface area contributed by atoms with E-state index in [0.717, 1.165) is 11.8 Å². The number of para-hydroxylation sites is 1. The van der Waals surface area contributed by atoms with Crippen LogP contribution in [-0.2, 0) is 6.61 Å². The SMILES string of the molecule is COc1ccccc1-c1noc(COc2cccc(C=O)c2)n1. The summed E-state index contributed by atoms with van der Waals surface area (Å²) < 4.78 is 16.0. The average Bonchev–Trinajstić information content (AvgIpc) is 3.09. The maximum atomic E-state index is 10.7. The normalized spacial score (nSPS) is 10.3. The smallest absolute Gasteiger partial charge is 0.264 e. The van der Waals surface area contributed by atoms with Gasteiger partial charge in [-0.25, -0.2) is 0 Å². The van der Waals surface area contributed by atoms with E-state index in [9.17, 15) is 4.79 Å². The van der Waals surface area contributed by atoms with Crippen molar-refractivity contribution in [3.8, 4) is 22.9 Å². The third-order valence-corrected chi connectivity index (χ3v) is 3.17. The van der Waals surface area contributed by atoms with Crippen LogP contribution in [0.15, 0.2) is 53.1 Å². The highest BCUT2D eigenvalue weighted by molar-refractivity contribution is 5.75. The molecule has 1 heterocycles. The van der Waals surface area contributed by atoms with E-state index in [2.05, 4.69) is 10.1 Å². The van der Waals surface area contributed by atoms with E-state index in [1.54, 1.807) is 31.4 Å². The van der Waals surface area contributed by atoms with E-state index in [1.165, 1.54) is 0 Å². The Hall–Kier alpha value is -3.15. The molecule has 0 bridgehead atoms. The molecule has 0 unspecified atom stereocenters. The van der Waals surface area contributed by atoms with Crippen LogP contribution in [0, 0.1) is 0 Å². The molecule has 0 spiro atoms. The maximum absolute atomic E-state index is 10.7. The second kappa shape index (κ2) is 6.74. The molecule has 3 rings (SSSR count). The monoisotopic (exact) mass is 310 g/mol. The molecule has 0 aliphatic heterocycles. The summed E-state index contributed by atoms with van der Waals surface area (Å²) in [7, 11) is 1.59. The van der Waals surface area contributed by atoms with Gasteiger partial charge in [0, 0.05) is 5.56 Å². The molecular formula is C17H14N2O4. The second-order valence-corrected chi connectivity index (χ2v) is 4.69. The van der Waals surface area contributed by atoms with Crippen LogP contribution in [0.2, 0.25) is 0 Å². The molecule has 0 saturated heterocycles. The zero-order valence-electron chi connectivity index (χ0n) is 12.4. The Morgan fingerprint density at radius 2 is 2.04 bits per heavy atom. The number of hydrogen-bond donors (Lipinski definition) is 0. The Kier molecular flexibility index (Phi) is 4.33. The topological polar surface area (TPSA) is 74.5 Å². The van der Waals surface area contributed by atoms with Crippen molar-refractivity contribution in [1.82, 2.24) is 10.1 Å². The molecule has 0 radical (unpaired) electrons. The fraction of sp³-hybridized carbons (Fsp3) is 0.118. The van der Waals surface area contributed by atoms with Gasteiger partial charge >= 0.3 is 0 Å². The summed E-state index contributed by atoms with van der Waals surface area (Å²) in [6.07, 6.45) is 0.763. The van der Waals surface area contributed by atoms with Gasteiger partial charge in [-0.3, -0.25) is 4.79 Å². The predicted molar refractivity (Wildman–Crippen MR) is 82.4 cm³/mol. The van der Waals surface area contributed by atoms with E-state index in [4.69, 9.17) is 14.0 Å². The number of rotatable bonds is 6. The van der Waals surface area contributed by atoms with Gasteiger partial charge in [0.05, 0.1) is 12.7 Å². The third kappa shape index (κ3) is 3.37. The first-order valence-electron chi connectivity index (χ1n) is 6.94. The Bertz CT molecular complexity index is 814. The van der Waals surface area contributed by atoms with Crippen LogP contribution >= 0.6 is 0 Å². The highest BCUT2D eigenvalue weighted by Gasteiger charge is 2.13. The van der Waals surface area contributed by atoms with Gasteiger partial charge in [0.2, 0.25) is 5.82 Å². The van der Waals surface area contributed by atoms with Crippen molar-refractivity contribution in [3.63, 3.8) is 0 Å². The number of aldehydes is 1. The van der Waals surface area contributed by atoms with Gasteiger partial charge in [0.15, 0.2) is 6.61 Å². The molecule has 6 heteroatoms. The number of methoxy groups -OCH3 is 1. The minimum Gasteiger partial charge on any atom is -0.496 e. The lowest BCUT2D eigenvalue weighted by Crippen LogP contribution is -1.96. The lowest BCUT2D eigenvalue weighted by Gasteiger charge is -2.03. The quantitative estimate of drug-likeness (QED) is 0.651. The average molecular weight is 310 g/mol. The molecule has 0 amide bonds. The van der Waals surface area contributed by atoms with E-state index in [1.807, 2.05) is 24.3 Å². The third-order valence-electron chi connectivity index (χ3n) is 3.17. The summed E-state index contributed by atoms with van der Waals surface area (Å²) in [4.78, 5) is 15.0. The molecule has 0 aliphatic carbocycles. The summed E-state index contributed by atoms with van der Waals surface area (Å²) in [5.41, 5.74) is 1.29. The summed E-state index contributed by atoms with van der Waals surface area (Å²) in [5.74, 6) is 2.00. The number of carbonyl (C=O) groups is 1. The number of hydrogen-bond acceptors (Lipinski definition) is 6. The van der Waals surface area contributed by atoms with Crippen LogP contribution in [0.1, 0.15) is 16.2 Å². The lowest BCUT2D eigenvalue weighted by molar-refractivity contribution is 0.112. The minimum absolute atomic E-state index is 0.116. The van der Waals surface area contributed by atoms with Crippen LogP contribution < -0.4 is 9.47 Å². The van der Waals surface area contributed by atoms with Crippen molar-refractivity contribution in [2.75, 3.05) is 7.11 Å². The Labute approximate surface area is 132 Å². The van der Waals surface area contributed by atoms with Crippen molar-refractivity contribution >= 4 is 6.29 Å². The Balaban J connectivity index is 1.73. The Morgan fingerprint density at radius 3 is 2.87 bits per heavy atom. The molecule has 6 nitrogen and oxygen atoms in total. The fourth-order valence-electron chi connectivity index (χ4n) is 2.07. The van der Waals surface area contributed by atoms with Crippen molar-refractivity contribution < 1.29 is 18.8 Å². The van der Waals surface area contributed by atoms with Gasteiger partial charge in [-0.2, -0.15) is 4.98 Å². The molecular weight excluding hydrogens is 296 g/mol. The molecule has 3 aromatic rings. The largest absolute Gasteiger partial charge is 0.496 e. The number of benzene rings is 2. The van der Waals surface area contributed by atoms with Crippen LogP contribution in [0.5, 0.6) is 11.5 Å². The van der Waals surface area contributed by atoms with Crippen LogP contribution in [0.4, 0.5) is 0 Å². The van der Waals surface area contributed by atoms with E-state index in [-0.39, 0.29) is 6.61 Å². The van der Waals surface area contributed by atoms with Gasteiger partial charge in [-0.05, 0) is 24.3 Å². The number of carbonyl (C=O) groups excluding carboxylic acids is 1. The van der Waals surface area contributed by atoms with Crippen LogP contribution in [0.3, 0.4) is 0 Å². The highest BCUT2D eigenvalue weighted by Crippen LogP contribution is 2.27. The van der Waals surface area contributed by atoms with E-state index in [0.29, 0.717) is 28.8 Å². The highest BCUT2D eigenvalue weighted by atomic mass is 16.5. The molecule has 0 atom stereocenters. The molecule has 116 valence electrons. The molecule has 0 saturated carbocycles. The van der Waals surface area contributed by atoms with Gasteiger partial charge in [0.1, 0.15) is 17.8 Å². The van der Waals surface area contributed by atoms with Crippen molar-refractivity contribution in [2.24, 2.45) is 0 Å². The van der Waals surface area contributed by atoms with Gasteiger partial charge in [-0.1, -0.05) is 29.4 Å².